The number of aryl methyl sites for hydroxylation is 1. The molecule has 3 atom stereocenters. The largest absolute Gasteiger partial charge is 0.461 e. The van der Waals surface area contributed by atoms with E-state index in [1.165, 1.54) is 0 Å². The quantitative estimate of drug-likeness (QED) is 0.526. The number of fused-ring (bicyclic) bond motifs is 4. The molecule has 1 N–H and O–H groups in total. The van der Waals surface area contributed by atoms with E-state index in [-0.39, 0.29) is 11.9 Å². The van der Waals surface area contributed by atoms with E-state index in [0.717, 1.165) is 53.7 Å². The van der Waals surface area contributed by atoms with Crippen LogP contribution in [0.15, 0.2) is 41.1 Å². The van der Waals surface area contributed by atoms with E-state index in [0.29, 0.717) is 28.9 Å². The van der Waals surface area contributed by atoms with Crippen molar-refractivity contribution in [2.75, 3.05) is 23.4 Å². The predicted molar refractivity (Wildman–Crippen MR) is 116 cm³/mol. The topological polar surface area (TPSA) is 76.3 Å². The minimum atomic E-state index is -0.359. The van der Waals surface area contributed by atoms with Gasteiger partial charge in [0.1, 0.15) is 11.8 Å². The van der Waals surface area contributed by atoms with Crippen LogP contribution in [-0.2, 0) is 4.74 Å². The number of aromatic nitrogens is 3. The molecule has 0 aliphatic carbocycles. The highest BCUT2D eigenvalue weighted by atomic mass is 19.1. The summed E-state index contributed by atoms with van der Waals surface area (Å²) in [5.74, 6) is 0.287. The van der Waals surface area contributed by atoms with Gasteiger partial charge in [-0.3, -0.25) is 4.98 Å². The predicted octanol–water partition coefficient (Wildman–Crippen LogP) is 4.37. The number of benzene rings is 1. The number of ether oxygens (including phenoxy) is 1. The second kappa shape index (κ2) is 6.88. The molecule has 2 bridgehead atoms. The smallest absolute Gasteiger partial charge is 0.169 e. The van der Waals surface area contributed by atoms with Crippen molar-refractivity contribution in [3.05, 3.63) is 53.8 Å². The van der Waals surface area contributed by atoms with Gasteiger partial charge in [0.2, 0.25) is 0 Å². The van der Waals surface area contributed by atoms with Crippen molar-refractivity contribution >= 4 is 33.4 Å². The molecule has 6 rings (SSSR count). The molecule has 1 aromatic carbocycles. The van der Waals surface area contributed by atoms with Crippen molar-refractivity contribution < 1.29 is 13.5 Å². The van der Waals surface area contributed by atoms with Gasteiger partial charge in [0.25, 0.3) is 0 Å². The zero-order valence-corrected chi connectivity index (χ0v) is 17.3. The Morgan fingerprint density at radius 3 is 2.97 bits per heavy atom. The Bertz CT molecular complexity index is 1310. The molecule has 2 aliphatic rings. The lowest BCUT2D eigenvalue weighted by Gasteiger charge is -2.29. The molecule has 158 valence electrons. The average molecular weight is 419 g/mol. The molecule has 0 radical (unpaired) electrons. The molecule has 0 saturated carbocycles. The number of hydrogen-bond donors (Lipinski definition) is 1. The molecule has 0 spiro atoms. The minimum Gasteiger partial charge on any atom is -0.461 e. The van der Waals surface area contributed by atoms with Crippen molar-refractivity contribution in [1.29, 1.82) is 0 Å². The average Bonchev–Trinajstić information content (AvgIpc) is 3.52. The Morgan fingerprint density at radius 1 is 1.26 bits per heavy atom. The number of nitrogens with one attached hydrogen (secondary N) is 1. The standard InChI is InChI=1S/C23H22FN5O2/c1-12(17-4-3-5-18-20(24)11-31-22(17)18)26-23-19-7-14(8-25-21(19)13(2)27-28-23)29-9-16-6-15(29)10-30-16/h3-5,7-8,11-12,15-16H,6,9-10H2,1-2H3,(H,26,28)/t12-,15?,16?/m1/s1. The van der Waals surface area contributed by atoms with Gasteiger partial charge in [0.05, 0.1) is 53.3 Å². The number of furan rings is 1. The third-order valence-electron chi connectivity index (χ3n) is 6.41. The molecule has 31 heavy (non-hydrogen) atoms. The Balaban J connectivity index is 1.39. The number of anilines is 2. The number of nitrogens with zero attached hydrogens (tertiary/aromatic N) is 4. The monoisotopic (exact) mass is 419 g/mol. The molecule has 7 nitrogen and oxygen atoms in total. The molecule has 2 unspecified atom stereocenters. The summed E-state index contributed by atoms with van der Waals surface area (Å²) in [7, 11) is 0. The van der Waals surface area contributed by atoms with Crippen LogP contribution < -0.4 is 10.2 Å². The third kappa shape index (κ3) is 2.93. The zero-order chi connectivity index (χ0) is 21.1. The van der Waals surface area contributed by atoms with Gasteiger partial charge in [-0.1, -0.05) is 12.1 Å². The lowest BCUT2D eigenvalue weighted by Crippen LogP contribution is -2.36. The van der Waals surface area contributed by atoms with Crippen LogP contribution in [0.4, 0.5) is 15.9 Å². The van der Waals surface area contributed by atoms with Gasteiger partial charge < -0.3 is 19.4 Å². The highest BCUT2D eigenvalue weighted by Gasteiger charge is 2.39. The van der Waals surface area contributed by atoms with E-state index in [4.69, 9.17) is 14.1 Å². The molecule has 3 aromatic heterocycles. The van der Waals surface area contributed by atoms with Crippen LogP contribution in [0.25, 0.3) is 21.9 Å². The summed E-state index contributed by atoms with van der Waals surface area (Å²) in [5, 5.41) is 13.5. The normalized spacial score (nSPS) is 21.3. The summed E-state index contributed by atoms with van der Waals surface area (Å²) >= 11 is 0. The van der Waals surface area contributed by atoms with E-state index in [9.17, 15) is 4.39 Å². The second-order valence-electron chi connectivity index (χ2n) is 8.39. The summed E-state index contributed by atoms with van der Waals surface area (Å²) < 4.78 is 25.2. The van der Waals surface area contributed by atoms with Crippen LogP contribution in [0.2, 0.25) is 0 Å². The number of morpholine rings is 1. The maximum Gasteiger partial charge on any atom is 0.169 e. The lowest BCUT2D eigenvalue weighted by molar-refractivity contribution is 0.0991. The van der Waals surface area contributed by atoms with Gasteiger partial charge in [-0.2, -0.15) is 5.10 Å². The first-order chi connectivity index (χ1) is 15.1. The van der Waals surface area contributed by atoms with Crippen LogP contribution in [0.3, 0.4) is 0 Å². The van der Waals surface area contributed by atoms with Crippen LogP contribution in [-0.4, -0.2) is 40.5 Å². The Labute approximate surface area is 178 Å². The molecule has 2 aliphatic heterocycles. The van der Waals surface area contributed by atoms with E-state index in [1.54, 1.807) is 6.07 Å². The molecule has 2 saturated heterocycles. The fourth-order valence-electron chi connectivity index (χ4n) is 4.80. The van der Waals surface area contributed by atoms with E-state index in [2.05, 4.69) is 26.5 Å². The third-order valence-corrected chi connectivity index (χ3v) is 6.41. The zero-order valence-electron chi connectivity index (χ0n) is 17.3. The highest BCUT2D eigenvalue weighted by molar-refractivity contribution is 5.92. The van der Waals surface area contributed by atoms with E-state index in [1.807, 2.05) is 32.2 Å². The van der Waals surface area contributed by atoms with Gasteiger partial charge in [-0.25, -0.2) is 4.39 Å². The molecule has 5 heterocycles. The van der Waals surface area contributed by atoms with Crippen LogP contribution in [0.1, 0.15) is 30.6 Å². The summed E-state index contributed by atoms with van der Waals surface area (Å²) in [6, 6.07) is 7.84. The Morgan fingerprint density at radius 2 is 2.16 bits per heavy atom. The van der Waals surface area contributed by atoms with Crippen molar-refractivity contribution in [3.8, 4) is 0 Å². The fraction of sp³-hybridized carbons (Fsp3) is 0.348. The number of para-hydroxylation sites is 1. The molecular formula is C23H22FN5O2. The maximum absolute atomic E-state index is 14.0. The van der Waals surface area contributed by atoms with Crippen molar-refractivity contribution in [1.82, 2.24) is 15.2 Å². The Kier molecular flexibility index (Phi) is 4.11. The van der Waals surface area contributed by atoms with Gasteiger partial charge in [-0.15, -0.1) is 5.10 Å². The fourth-order valence-corrected chi connectivity index (χ4v) is 4.80. The van der Waals surface area contributed by atoms with Gasteiger partial charge in [-0.05, 0) is 32.4 Å². The number of pyridine rings is 1. The first kappa shape index (κ1) is 18.5. The van der Waals surface area contributed by atoms with Crippen molar-refractivity contribution in [2.45, 2.75) is 38.5 Å². The first-order valence-corrected chi connectivity index (χ1v) is 10.5. The van der Waals surface area contributed by atoms with Crippen LogP contribution in [0, 0.1) is 12.7 Å². The van der Waals surface area contributed by atoms with Crippen molar-refractivity contribution in [3.63, 3.8) is 0 Å². The summed E-state index contributed by atoms with van der Waals surface area (Å²) in [6.07, 6.45) is 4.44. The number of halogens is 1. The van der Waals surface area contributed by atoms with E-state index >= 15 is 0 Å². The highest BCUT2D eigenvalue weighted by Crippen LogP contribution is 2.36. The summed E-state index contributed by atoms with van der Waals surface area (Å²) in [6.45, 7) is 5.56. The summed E-state index contributed by atoms with van der Waals surface area (Å²) in [5.41, 5.74) is 4.06. The molecule has 8 heteroatoms. The Hall–Kier alpha value is -3.26. The van der Waals surface area contributed by atoms with Gasteiger partial charge >= 0.3 is 0 Å². The first-order valence-electron chi connectivity index (χ1n) is 10.5. The van der Waals surface area contributed by atoms with Gasteiger partial charge in [0, 0.05) is 17.5 Å². The number of rotatable bonds is 4. The van der Waals surface area contributed by atoms with Crippen LogP contribution in [0.5, 0.6) is 0 Å². The number of hydrogen-bond acceptors (Lipinski definition) is 7. The maximum atomic E-state index is 14.0. The van der Waals surface area contributed by atoms with E-state index < -0.39 is 0 Å². The summed E-state index contributed by atoms with van der Waals surface area (Å²) in [4.78, 5) is 7.08. The molecular weight excluding hydrogens is 397 g/mol. The minimum absolute atomic E-state index is 0.172. The molecule has 2 fully saturated rings. The van der Waals surface area contributed by atoms with Gasteiger partial charge in [0.15, 0.2) is 11.6 Å². The molecule has 4 aromatic rings. The van der Waals surface area contributed by atoms with Crippen LogP contribution >= 0.6 is 0 Å². The lowest BCUT2D eigenvalue weighted by atomic mass is 10.1. The molecule has 0 amide bonds. The SMILES string of the molecule is Cc1nnc(N[C@H](C)c2cccc3c(F)coc23)c2cc(N3CC4CC3CO4)cnc12. The van der Waals surface area contributed by atoms with Crippen molar-refractivity contribution in [2.24, 2.45) is 0 Å². The second-order valence-corrected chi connectivity index (χ2v) is 8.39.